The van der Waals surface area contributed by atoms with E-state index in [0.29, 0.717) is 12.3 Å². The van der Waals surface area contributed by atoms with Gasteiger partial charge in [-0.15, -0.1) is 0 Å². The Bertz CT molecular complexity index is 289. The summed E-state index contributed by atoms with van der Waals surface area (Å²) in [4.78, 5) is 14.4. The number of likely N-dealkylation sites (tertiary alicyclic amines) is 1. The molecule has 2 fully saturated rings. The third-order valence-electron chi connectivity index (χ3n) is 4.82. The number of hydrogen-bond acceptors (Lipinski definition) is 3. The Hall–Kier alpha value is -0.610. The maximum atomic E-state index is 12.3. The molecule has 0 spiro atoms. The second kappa shape index (κ2) is 6.71. The average molecular weight is 268 g/mol. The molecular weight excluding hydrogens is 240 g/mol. The molecule has 1 aliphatic carbocycles. The Morgan fingerprint density at radius 1 is 1.37 bits per heavy atom. The van der Waals surface area contributed by atoms with Crippen LogP contribution in [0.25, 0.3) is 0 Å². The minimum atomic E-state index is -0.127. The highest BCUT2D eigenvalue weighted by Gasteiger charge is 2.40. The summed E-state index contributed by atoms with van der Waals surface area (Å²) in [5.74, 6) is 1.03. The molecule has 19 heavy (non-hydrogen) atoms. The van der Waals surface area contributed by atoms with Gasteiger partial charge in [0.1, 0.15) is 0 Å². The van der Waals surface area contributed by atoms with Gasteiger partial charge in [-0.2, -0.15) is 0 Å². The number of nitrogens with one attached hydrogen (secondary N) is 1. The largest absolute Gasteiger partial charge is 0.378 e. The molecule has 4 heteroatoms. The summed E-state index contributed by atoms with van der Waals surface area (Å²) in [6.07, 6.45) is 6.16. The Balaban J connectivity index is 1.73. The van der Waals surface area contributed by atoms with Crippen LogP contribution >= 0.6 is 0 Å². The smallest absolute Gasteiger partial charge is 0.225 e. The van der Waals surface area contributed by atoms with Gasteiger partial charge >= 0.3 is 0 Å². The van der Waals surface area contributed by atoms with Crippen molar-refractivity contribution in [2.24, 2.45) is 5.92 Å². The summed E-state index contributed by atoms with van der Waals surface area (Å²) in [6.45, 7) is 6.13. The lowest BCUT2D eigenvalue weighted by atomic mass is 9.77. The molecule has 0 aromatic heterocycles. The number of amides is 1. The molecule has 2 rings (SSSR count). The van der Waals surface area contributed by atoms with Gasteiger partial charge in [-0.25, -0.2) is 0 Å². The van der Waals surface area contributed by atoms with Crippen molar-refractivity contribution in [1.29, 1.82) is 0 Å². The van der Waals surface area contributed by atoms with Gasteiger partial charge in [0.25, 0.3) is 0 Å². The second-order valence-corrected chi connectivity index (χ2v) is 6.05. The van der Waals surface area contributed by atoms with E-state index in [9.17, 15) is 4.79 Å². The zero-order chi connectivity index (χ0) is 13.7. The molecule has 1 aliphatic heterocycles. The molecule has 1 heterocycles. The van der Waals surface area contributed by atoms with E-state index >= 15 is 0 Å². The Morgan fingerprint density at radius 2 is 2.05 bits per heavy atom. The van der Waals surface area contributed by atoms with Crippen molar-refractivity contribution in [1.82, 2.24) is 10.2 Å². The van der Waals surface area contributed by atoms with Crippen molar-refractivity contribution in [3.05, 3.63) is 0 Å². The molecule has 0 radical (unpaired) electrons. The van der Waals surface area contributed by atoms with E-state index in [4.69, 9.17) is 4.74 Å². The Kier molecular flexibility index (Phi) is 5.22. The van der Waals surface area contributed by atoms with Crippen molar-refractivity contribution >= 4 is 5.91 Å². The SMILES string of the molecule is CCNCC1CCN(C(=O)CC2(OC)CCC2)CC1. The lowest BCUT2D eigenvalue weighted by molar-refractivity contribution is -0.145. The van der Waals surface area contributed by atoms with E-state index in [1.165, 1.54) is 6.42 Å². The van der Waals surface area contributed by atoms with Gasteiger partial charge in [0.15, 0.2) is 0 Å². The lowest BCUT2D eigenvalue weighted by Gasteiger charge is -2.42. The van der Waals surface area contributed by atoms with E-state index in [1.54, 1.807) is 7.11 Å². The molecule has 1 amide bonds. The van der Waals surface area contributed by atoms with Crippen LogP contribution in [0.2, 0.25) is 0 Å². The van der Waals surface area contributed by atoms with Crippen LogP contribution in [0.4, 0.5) is 0 Å². The first-order chi connectivity index (χ1) is 9.19. The van der Waals surface area contributed by atoms with Crippen LogP contribution in [-0.2, 0) is 9.53 Å². The monoisotopic (exact) mass is 268 g/mol. The molecular formula is C15H28N2O2. The van der Waals surface area contributed by atoms with Crippen LogP contribution in [0.1, 0.15) is 45.4 Å². The lowest BCUT2D eigenvalue weighted by Crippen LogP contribution is -2.47. The summed E-state index contributed by atoms with van der Waals surface area (Å²) in [5, 5.41) is 3.40. The zero-order valence-electron chi connectivity index (χ0n) is 12.4. The van der Waals surface area contributed by atoms with Crippen LogP contribution in [-0.4, -0.2) is 49.7 Å². The number of ether oxygens (including phenoxy) is 1. The first kappa shape index (κ1) is 14.8. The maximum Gasteiger partial charge on any atom is 0.225 e. The molecule has 0 atom stereocenters. The molecule has 1 saturated heterocycles. The Labute approximate surface area is 116 Å². The van der Waals surface area contributed by atoms with Gasteiger partial charge in [0.2, 0.25) is 5.91 Å². The minimum Gasteiger partial charge on any atom is -0.378 e. The predicted octanol–water partition coefficient (Wildman–Crippen LogP) is 1.79. The van der Waals surface area contributed by atoms with Crippen molar-refractivity contribution in [2.75, 3.05) is 33.3 Å². The molecule has 0 aromatic rings. The molecule has 1 N–H and O–H groups in total. The number of carbonyl (C=O) groups is 1. The summed E-state index contributed by atoms with van der Waals surface area (Å²) < 4.78 is 5.55. The van der Waals surface area contributed by atoms with Crippen LogP contribution in [0.15, 0.2) is 0 Å². The number of piperidine rings is 1. The zero-order valence-corrected chi connectivity index (χ0v) is 12.4. The topological polar surface area (TPSA) is 41.6 Å². The average Bonchev–Trinajstić information content (AvgIpc) is 2.41. The van der Waals surface area contributed by atoms with Crippen molar-refractivity contribution in [3.8, 4) is 0 Å². The summed E-state index contributed by atoms with van der Waals surface area (Å²) in [5.41, 5.74) is -0.127. The van der Waals surface area contributed by atoms with E-state index in [-0.39, 0.29) is 5.60 Å². The van der Waals surface area contributed by atoms with Crippen molar-refractivity contribution < 1.29 is 9.53 Å². The van der Waals surface area contributed by atoms with Crippen LogP contribution < -0.4 is 5.32 Å². The molecule has 0 bridgehead atoms. The first-order valence-corrected chi connectivity index (χ1v) is 7.73. The van der Waals surface area contributed by atoms with E-state index in [0.717, 1.165) is 57.8 Å². The minimum absolute atomic E-state index is 0.127. The standard InChI is InChI=1S/C15H28N2O2/c1-3-16-12-13-5-9-17(10-6-13)14(18)11-15(19-2)7-4-8-15/h13,16H,3-12H2,1-2H3. The number of methoxy groups -OCH3 is 1. The van der Waals surface area contributed by atoms with Crippen molar-refractivity contribution in [3.63, 3.8) is 0 Å². The fourth-order valence-corrected chi connectivity index (χ4v) is 3.15. The van der Waals surface area contributed by atoms with Gasteiger partial charge in [0, 0.05) is 20.2 Å². The summed E-state index contributed by atoms with van der Waals surface area (Å²) >= 11 is 0. The summed E-state index contributed by atoms with van der Waals surface area (Å²) in [6, 6.07) is 0. The van der Waals surface area contributed by atoms with Gasteiger partial charge in [-0.3, -0.25) is 4.79 Å². The van der Waals surface area contributed by atoms with E-state index in [2.05, 4.69) is 12.2 Å². The van der Waals surface area contributed by atoms with Crippen LogP contribution in [0, 0.1) is 5.92 Å². The molecule has 0 aromatic carbocycles. The van der Waals surface area contributed by atoms with Gasteiger partial charge in [-0.1, -0.05) is 6.92 Å². The molecule has 2 aliphatic rings. The number of carbonyl (C=O) groups excluding carboxylic acids is 1. The van der Waals surface area contributed by atoms with Gasteiger partial charge in [-0.05, 0) is 51.1 Å². The van der Waals surface area contributed by atoms with E-state index in [1.807, 2.05) is 4.90 Å². The Morgan fingerprint density at radius 3 is 2.53 bits per heavy atom. The third kappa shape index (κ3) is 3.69. The quantitative estimate of drug-likeness (QED) is 0.798. The molecule has 1 saturated carbocycles. The molecule has 110 valence electrons. The highest BCUT2D eigenvalue weighted by Crippen LogP contribution is 2.38. The fraction of sp³-hybridized carbons (Fsp3) is 0.933. The molecule has 0 unspecified atom stereocenters. The van der Waals surface area contributed by atoms with Crippen molar-refractivity contribution in [2.45, 2.75) is 51.0 Å². The highest BCUT2D eigenvalue weighted by atomic mass is 16.5. The molecule has 4 nitrogen and oxygen atoms in total. The summed E-state index contributed by atoms with van der Waals surface area (Å²) in [7, 11) is 1.75. The fourth-order valence-electron chi connectivity index (χ4n) is 3.15. The first-order valence-electron chi connectivity index (χ1n) is 7.73. The maximum absolute atomic E-state index is 12.3. The van der Waals surface area contributed by atoms with Gasteiger partial charge in [0.05, 0.1) is 12.0 Å². The van der Waals surface area contributed by atoms with E-state index < -0.39 is 0 Å². The highest BCUT2D eigenvalue weighted by molar-refractivity contribution is 5.77. The normalized spacial score (nSPS) is 23.2. The predicted molar refractivity (Wildman–Crippen MR) is 76.1 cm³/mol. The van der Waals surface area contributed by atoms with Gasteiger partial charge < -0.3 is 15.0 Å². The number of hydrogen-bond donors (Lipinski definition) is 1. The van der Waals surface area contributed by atoms with Crippen LogP contribution in [0.3, 0.4) is 0 Å². The third-order valence-corrected chi connectivity index (χ3v) is 4.82. The van der Waals surface area contributed by atoms with Crippen LogP contribution in [0.5, 0.6) is 0 Å². The number of nitrogens with zero attached hydrogens (tertiary/aromatic N) is 1. The second-order valence-electron chi connectivity index (χ2n) is 6.05. The number of rotatable bonds is 6.